The Balaban J connectivity index is 2.14. The van der Waals surface area contributed by atoms with Gasteiger partial charge < -0.3 is 9.72 Å². The van der Waals surface area contributed by atoms with E-state index in [1.165, 1.54) is 23.4 Å². The number of fused-ring (bicyclic) bond motifs is 1. The van der Waals surface area contributed by atoms with Gasteiger partial charge in [-0.1, -0.05) is 0 Å². The molecular formula is C13H17N3. The number of imidazole rings is 1. The second kappa shape index (κ2) is 3.59. The van der Waals surface area contributed by atoms with E-state index in [4.69, 9.17) is 4.98 Å². The number of aromatic nitrogens is 2. The first kappa shape index (κ1) is 9.85. The number of pyridine rings is 1. The van der Waals surface area contributed by atoms with E-state index in [2.05, 4.69) is 41.9 Å². The number of aryl methyl sites for hydroxylation is 2. The molecule has 1 fully saturated rings. The zero-order chi connectivity index (χ0) is 11.1. The van der Waals surface area contributed by atoms with Crippen LogP contribution in [0.1, 0.15) is 29.3 Å². The van der Waals surface area contributed by atoms with Gasteiger partial charge in [0.1, 0.15) is 5.65 Å². The van der Waals surface area contributed by atoms with Gasteiger partial charge >= 0.3 is 0 Å². The number of rotatable bonds is 1. The van der Waals surface area contributed by atoms with Crippen molar-refractivity contribution >= 4 is 5.65 Å². The molecule has 1 atom stereocenters. The molecule has 1 N–H and O–H groups in total. The molecule has 3 nitrogen and oxygen atoms in total. The van der Waals surface area contributed by atoms with E-state index in [1.807, 2.05) is 0 Å². The summed E-state index contributed by atoms with van der Waals surface area (Å²) in [6.07, 6.45) is 3.34. The van der Waals surface area contributed by atoms with Crippen LogP contribution in [0.4, 0.5) is 0 Å². The maximum atomic E-state index is 4.78. The first-order valence-corrected chi connectivity index (χ1v) is 5.91. The molecule has 16 heavy (non-hydrogen) atoms. The van der Waals surface area contributed by atoms with E-state index in [9.17, 15) is 0 Å². The van der Waals surface area contributed by atoms with Gasteiger partial charge in [0.2, 0.25) is 0 Å². The smallest absolute Gasteiger partial charge is 0.137 e. The van der Waals surface area contributed by atoms with Crippen LogP contribution in [0.15, 0.2) is 18.3 Å². The molecule has 0 bridgehead atoms. The van der Waals surface area contributed by atoms with Crippen molar-refractivity contribution in [3.63, 3.8) is 0 Å². The van der Waals surface area contributed by atoms with Gasteiger partial charge in [0, 0.05) is 24.4 Å². The van der Waals surface area contributed by atoms with Crippen LogP contribution in [-0.4, -0.2) is 22.5 Å². The summed E-state index contributed by atoms with van der Waals surface area (Å²) in [7, 11) is 0. The molecule has 1 saturated heterocycles. The Morgan fingerprint density at radius 1 is 1.44 bits per heavy atom. The minimum absolute atomic E-state index is 0.597. The summed E-state index contributed by atoms with van der Waals surface area (Å²) in [4.78, 5) is 4.78. The molecule has 0 spiro atoms. The number of nitrogens with zero attached hydrogens (tertiary/aromatic N) is 2. The second-order valence-electron chi connectivity index (χ2n) is 4.70. The van der Waals surface area contributed by atoms with Crippen LogP contribution >= 0.6 is 0 Å². The third-order valence-corrected chi connectivity index (χ3v) is 3.50. The topological polar surface area (TPSA) is 29.3 Å². The normalized spacial score (nSPS) is 20.8. The van der Waals surface area contributed by atoms with Crippen molar-refractivity contribution in [3.05, 3.63) is 35.3 Å². The third-order valence-electron chi connectivity index (χ3n) is 3.50. The van der Waals surface area contributed by atoms with Gasteiger partial charge in [-0.2, -0.15) is 0 Å². The molecule has 0 amide bonds. The van der Waals surface area contributed by atoms with Gasteiger partial charge in [0.25, 0.3) is 0 Å². The average Bonchev–Trinajstić information content (AvgIpc) is 2.86. The van der Waals surface area contributed by atoms with Crippen molar-refractivity contribution in [2.24, 2.45) is 0 Å². The van der Waals surface area contributed by atoms with Crippen molar-refractivity contribution in [1.82, 2.24) is 14.7 Å². The lowest BCUT2D eigenvalue weighted by molar-refractivity contribution is 0.734. The first-order chi connectivity index (χ1) is 7.75. The Bertz CT molecular complexity index is 521. The van der Waals surface area contributed by atoms with Gasteiger partial charge in [-0.3, -0.25) is 0 Å². The van der Waals surface area contributed by atoms with Crippen molar-refractivity contribution in [3.8, 4) is 0 Å². The first-order valence-electron chi connectivity index (χ1n) is 5.91. The van der Waals surface area contributed by atoms with Crippen molar-refractivity contribution in [1.29, 1.82) is 0 Å². The van der Waals surface area contributed by atoms with Gasteiger partial charge in [-0.15, -0.1) is 0 Å². The average molecular weight is 215 g/mol. The van der Waals surface area contributed by atoms with Crippen LogP contribution in [0.25, 0.3) is 5.65 Å². The fourth-order valence-electron chi connectivity index (χ4n) is 2.56. The molecule has 84 valence electrons. The zero-order valence-electron chi connectivity index (χ0n) is 9.83. The minimum atomic E-state index is 0.597. The number of nitrogens with one attached hydrogen (secondary N) is 1. The molecule has 3 rings (SSSR count). The van der Waals surface area contributed by atoms with Crippen LogP contribution in [0.2, 0.25) is 0 Å². The quantitative estimate of drug-likeness (QED) is 0.788. The van der Waals surface area contributed by atoms with E-state index >= 15 is 0 Å². The Morgan fingerprint density at radius 3 is 3.06 bits per heavy atom. The molecule has 1 unspecified atom stereocenters. The highest BCUT2D eigenvalue weighted by Gasteiger charge is 2.22. The predicted molar refractivity (Wildman–Crippen MR) is 64.9 cm³/mol. The van der Waals surface area contributed by atoms with Gasteiger partial charge in [-0.25, -0.2) is 4.98 Å². The standard InChI is InChI=1S/C13H17N3/c1-9-4-6-16-10(2)13(15-12(16)7-9)11-3-5-14-8-11/h4,6-7,11,14H,3,5,8H2,1-2H3. The number of hydrogen-bond acceptors (Lipinski definition) is 2. The lowest BCUT2D eigenvalue weighted by Gasteiger charge is -2.05. The zero-order valence-corrected chi connectivity index (χ0v) is 9.83. The monoisotopic (exact) mass is 215 g/mol. The Labute approximate surface area is 95.5 Å². The van der Waals surface area contributed by atoms with E-state index in [0.717, 1.165) is 18.7 Å². The Hall–Kier alpha value is -1.35. The largest absolute Gasteiger partial charge is 0.316 e. The summed E-state index contributed by atoms with van der Waals surface area (Å²) in [5.74, 6) is 0.597. The van der Waals surface area contributed by atoms with E-state index < -0.39 is 0 Å². The van der Waals surface area contributed by atoms with Crippen molar-refractivity contribution in [2.45, 2.75) is 26.2 Å². The summed E-state index contributed by atoms with van der Waals surface area (Å²) in [6.45, 7) is 6.48. The second-order valence-corrected chi connectivity index (χ2v) is 4.70. The fourth-order valence-corrected chi connectivity index (χ4v) is 2.56. The van der Waals surface area contributed by atoms with Crippen LogP contribution in [0.5, 0.6) is 0 Å². The van der Waals surface area contributed by atoms with Crippen molar-refractivity contribution in [2.75, 3.05) is 13.1 Å². The van der Waals surface area contributed by atoms with Crippen LogP contribution in [-0.2, 0) is 0 Å². The third kappa shape index (κ3) is 1.43. The van der Waals surface area contributed by atoms with Gasteiger partial charge in [-0.05, 0) is 44.5 Å². The number of hydrogen-bond donors (Lipinski definition) is 1. The van der Waals surface area contributed by atoms with Crippen LogP contribution in [0.3, 0.4) is 0 Å². The molecule has 0 radical (unpaired) electrons. The molecule has 0 aromatic carbocycles. The fraction of sp³-hybridized carbons (Fsp3) is 0.462. The molecule has 3 heteroatoms. The molecular weight excluding hydrogens is 198 g/mol. The van der Waals surface area contributed by atoms with Gasteiger partial charge in [0.15, 0.2) is 0 Å². The van der Waals surface area contributed by atoms with Crippen LogP contribution < -0.4 is 5.32 Å². The van der Waals surface area contributed by atoms with Crippen molar-refractivity contribution < 1.29 is 0 Å². The summed E-state index contributed by atoms with van der Waals surface area (Å²) in [5.41, 5.74) is 4.92. The lowest BCUT2D eigenvalue weighted by Crippen LogP contribution is -2.08. The molecule has 2 aromatic heterocycles. The SMILES string of the molecule is Cc1ccn2c(C)c(C3CCNC3)nc2c1. The predicted octanol–water partition coefficient (Wildman–Crippen LogP) is 2.03. The Morgan fingerprint density at radius 2 is 2.31 bits per heavy atom. The summed E-state index contributed by atoms with van der Waals surface area (Å²) in [6, 6.07) is 4.29. The van der Waals surface area contributed by atoms with E-state index in [-0.39, 0.29) is 0 Å². The Kier molecular flexibility index (Phi) is 2.21. The maximum absolute atomic E-state index is 4.78. The highest BCUT2D eigenvalue weighted by molar-refractivity contribution is 5.46. The molecule has 2 aromatic rings. The summed E-state index contributed by atoms with van der Waals surface area (Å²) in [5, 5.41) is 3.40. The molecule has 0 aliphatic carbocycles. The maximum Gasteiger partial charge on any atom is 0.137 e. The summed E-state index contributed by atoms with van der Waals surface area (Å²) < 4.78 is 2.20. The molecule has 3 heterocycles. The molecule has 1 aliphatic rings. The molecule has 1 aliphatic heterocycles. The van der Waals surface area contributed by atoms with E-state index in [1.54, 1.807) is 0 Å². The van der Waals surface area contributed by atoms with E-state index in [0.29, 0.717) is 5.92 Å². The minimum Gasteiger partial charge on any atom is -0.316 e. The highest BCUT2D eigenvalue weighted by Crippen LogP contribution is 2.25. The summed E-state index contributed by atoms with van der Waals surface area (Å²) >= 11 is 0. The lowest BCUT2D eigenvalue weighted by atomic mass is 10.0. The van der Waals surface area contributed by atoms with Gasteiger partial charge in [0.05, 0.1) is 5.69 Å². The molecule has 0 saturated carbocycles. The van der Waals surface area contributed by atoms with Crippen LogP contribution in [0, 0.1) is 13.8 Å². The highest BCUT2D eigenvalue weighted by atomic mass is 15.0.